The zero-order valence-corrected chi connectivity index (χ0v) is 7.20. The molecule has 7 heteroatoms. The molecule has 0 saturated carbocycles. The molecule has 0 spiro atoms. The second kappa shape index (κ2) is 2.63. The Hall–Kier alpha value is -1.30. The monoisotopic (exact) mass is 191 g/mol. The maximum atomic E-state index is 11.0. The Kier molecular flexibility index (Phi) is 1.93. The Morgan fingerprint density at radius 3 is 1.58 bits per heavy atom. The molecule has 0 aliphatic carbocycles. The van der Waals surface area contributed by atoms with Gasteiger partial charge in [0, 0.05) is 25.9 Å². The Bertz CT molecular complexity index is 378. The SMILES string of the molecule is Cn1c(=O)n(C)c(=O)n(Cl)c1=O. The van der Waals surface area contributed by atoms with Crippen LogP contribution < -0.4 is 17.1 Å². The van der Waals surface area contributed by atoms with Gasteiger partial charge in [0.05, 0.1) is 0 Å². The molecule has 1 rings (SSSR count). The first-order valence-corrected chi connectivity index (χ1v) is 3.36. The Labute approximate surface area is 71.3 Å². The highest BCUT2D eigenvalue weighted by Crippen LogP contribution is 1.68. The predicted octanol–water partition coefficient (Wildman–Crippen LogP) is -1.75. The fourth-order valence-electron chi connectivity index (χ4n) is 0.734. The van der Waals surface area contributed by atoms with Gasteiger partial charge in [-0.05, 0) is 0 Å². The van der Waals surface area contributed by atoms with Crippen LogP contribution in [0.4, 0.5) is 0 Å². The lowest BCUT2D eigenvalue weighted by molar-refractivity contribution is 0.602. The summed E-state index contributed by atoms with van der Waals surface area (Å²) in [5.41, 5.74) is -2.38. The summed E-state index contributed by atoms with van der Waals surface area (Å²) in [4.78, 5) is 32.9. The van der Waals surface area contributed by atoms with Gasteiger partial charge in [-0.3, -0.25) is 0 Å². The molecular weight excluding hydrogens is 186 g/mol. The van der Waals surface area contributed by atoms with Crippen molar-refractivity contribution in [2.24, 2.45) is 14.1 Å². The topological polar surface area (TPSA) is 66.0 Å². The van der Waals surface area contributed by atoms with Crippen LogP contribution in [0.3, 0.4) is 0 Å². The molecule has 66 valence electrons. The third-order valence-corrected chi connectivity index (χ3v) is 1.77. The highest BCUT2D eigenvalue weighted by molar-refractivity contribution is 6.14. The average molecular weight is 192 g/mol. The minimum atomic E-state index is -0.843. The van der Waals surface area contributed by atoms with E-state index in [1.807, 2.05) is 0 Å². The van der Waals surface area contributed by atoms with Crippen LogP contribution in [0.15, 0.2) is 14.4 Å². The first-order chi connectivity index (χ1) is 5.46. The number of aromatic nitrogens is 3. The van der Waals surface area contributed by atoms with Crippen LogP contribution in [0.1, 0.15) is 0 Å². The van der Waals surface area contributed by atoms with Gasteiger partial charge in [0.2, 0.25) is 0 Å². The van der Waals surface area contributed by atoms with E-state index in [-0.39, 0.29) is 0 Å². The van der Waals surface area contributed by atoms with Crippen molar-refractivity contribution in [3.05, 3.63) is 31.5 Å². The second-order valence-electron chi connectivity index (χ2n) is 2.25. The molecule has 0 saturated heterocycles. The predicted molar refractivity (Wildman–Crippen MR) is 42.4 cm³/mol. The summed E-state index contributed by atoms with van der Waals surface area (Å²) >= 11 is 5.27. The number of hydrogen-bond donors (Lipinski definition) is 0. The Balaban J connectivity index is 4.00. The zero-order valence-electron chi connectivity index (χ0n) is 6.44. The molecule has 1 aromatic rings. The summed E-state index contributed by atoms with van der Waals surface area (Å²) < 4.78 is 1.84. The molecule has 0 N–H and O–H groups in total. The largest absolute Gasteiger partial charge is 0.351 e. The van der Waals surface area contributed by atoms with E-state index >= 15 is 0 Å². The van der Waals surface area contributed by atoms with Crippen LogP contribution in [-0.2, 0) is 14.1 Å². The lowest BCUT2D eigenvalue weighted by atomic mass is 10.9. The molecule has 1 heterocycles. The van der Waals surface area contributed by atoms with Crippen LogP contribution in [0.2, 0.25) is 0 Å². The second-order valence-corrected chi connectivity index (χ2v) is 2.58. The molecule has 12 heavy (non-hydrogen) atoms. The van der Waals surface area contributed by atoms with Gasteiger partial charge >= 0.3 is 17.1 Å². The van der Waals surface area contributed by atoms with E-state index in [1.165, 1.54) is 14.1 Å². The molecule has 0 amide bonds. The van der Waals surface area contributed by atoms with Crippen molar-refractivity contribution >= 4 is 11.8 Å². The van der Waals surface area contributed by atoms with Gasteiger partial charge in [0.1, 0.15) is 0 Å². The number of halogens is 1. The van der Waals surface area contributed by atoms with Gasteiger partial charge in [-0.15, -0.1) is 0 Å². The maximum absolute atomic E-state index is 11.0. The molecule has 0 radical (unpaired) electrons. The minimum absolute atomic E-state index is 0.349. The molecular formula is C5H6ClN3O3. The first-order valence-electron chi connectivity index (χ1n) is 3.02. The van der Waals surface area contributed by atoms with Crippen molar-refractivity contribution in [2.75, 3.05) is 0 Å². The van der Waals surface area contributed by atoms with Crippen LogP contribution in [0, 0.1) is 0 Å². The van der Waals surface area contributed by atoms with Crippen molar-refractivity contribution in [3.63, 3.8) is 0 Å². The molecule has 0 atom stereocenters. The van der Waals surface area contributed by atoms with E-state index in [0.29, 0.717) is 4.09 Å². The minimum Gasteiger partial charge on any atom is -0.247 e. The summed E-state index contributed by atoms with van der Waals surface area (Å²) in [6.07, 6.45) is 0. The normalized spacial score (nSPS) is 10.2. The molecule has 0 aromatic carbocycles. The summed E-state index contributed by atoms with van der Waals surface area (Å²) in [5.74, 6) is 0. The first kappa shape index (κ1) is 8.79. The number of rotatable bonds is 0. The maximum Gasteiger partial charge on any atom is 0.351 e. The van der Waals surface area contributed by atoms with Gasteiger partial charge in [-0.1, -0.05) is 0 Å². The van der Waals surface area contributed by atoms with Gasteiger partial charge in [-0.2, -0.15) is 4.09 Å². The lowest BCUT2D eigenvalue weighted by Gasteiger charge is -2.00. The van der Waals surface area contributed by atoms with Gasteiger partial charge in [0.25, 0.3) is 0 Å². The van der Waals surface area contributed by atoms with Crippen molar-refractivity contribution in [1.82, 2.24) is 13.2 Å². The standard InChI is InChI=1S/C5H6ClN3O3/c1-7-3(10)8(2)5(12)9(6)4(7)11/h1-2H3. The van der Waals surface area contributed by atoms with E-state index in [4.69, 9.17) is 11.8 Å². The third-order valence-electron chi connectivity index (χ3n) is 1.48. The molecule has 0 fully saturated rings. The van der Waals surface area contributed by atoms with E-state index in [1.54, 1.807) is 0 Å². The van der Waals surface area contributed by atoms with Crippen molar-refractivity contribution in [1.29, 1.82) is 0 Å². The highest BCUT2D eigenvalue weighted by Gasteiger charge is 2.07. The average Bonchev–Trinajstić information content (AvgIpc) is 2.08. The van der Waals surface area contributed by atoms with E-state index in [0.717, 1.165) is 9.13 Å². The number of nitrogens with zero attached hydrogens (tertiary/aromatic N) is 3. The Morgan fingerprint density at radius 1 is 0.917 bits per heavy atom. The molecule has 0 aliphatic heterocycles. The highest BCUT2D eigenvalue weighted by atomic mass is 35.5. The summed E-state index contributed by atoms with van der Waals surface area (Å²) in [6, 6.07) is 0. The molecule has 0 aliphatic rings. The Morgan fingerprint density at radius 2 is 1.25 bits per heavy atom. The van der Waals surface area contributed by atoms with Crippen LogP contribution in [-0.4, -0.2) is 13.2 Å². The van der Waals surface area contributed by atoms with E-state index < -0.39 is 17.1 Å². The lowest BCUT2D eigenvalue weighted by Crippen LogP contribution is -2.50. The van der Waals surface area contributed by atoms with Crippen LogP contribution >= 0.6 is 11.8 Å². The molecule has 6 nitrogen and oxygen atoms in total. The van der Waals surface area contributed by atoms with Crippen LogP contribution in [0.5, 0.6) is 0 Å². The van der Waals surface area contributed by atoms with E-state index in [9.17, 15) is 14.4 Å². The summed E-state index contributed by atoms with van der Waals surface area (Å²) in [5, 5.41) is 0. The molecule has 0 bridgehead atoms. The van der Waals surface area contributed by atoms with Crippen LogP contribution in [0.25, 0.3) is 0 Å². The zero-order chi connectivity index (χ0) is 9.46. The van der Waals surface area contributed by atoms with Gasteiger partial charge in [0.15, 0.2) is 0 Å². The smallest absolute Gasteiger partial charge is 0.247 e. The quantitative estimate of drug-likeness (QED) is 0.488. The van der Waals surface area contributed by atoms with E-state index in [2.05, 4.69) is 0 Å². The third kappa shape index (κ3) is 1.00. The number of hydrogen-bond acceptors (Lipinski definition) is 3. The van der Waals surface area contributed by atoms with Crippen molar-refractivity contribution in [3.8, 4) is 0 Å². The van der Waals surface area contributed by atoms with Crippen molar-refractivity contribution in [2.45, 2.75) is 0 Å². The molecule has 0 unspecified atom stereocenters. The van der Waals surface area contributed by atoms with Crippen molar-refractivity contribution < 1.29 is 0 Å². The fraction of sp³-hybridized carbons (Fsp3) is 0.400. The fourth-order valence-corrected chi connectivity index (χ4v) is 0.961. The summed E-state index contributed by atoms with van der Waals surface area (Å²) in [6.45, 7) is 0. The molecule has 1 aromatic heterocycles. The summed E-state index contributed by atoms with van der Waals surface area (Å²) in [7, 11) is 2.48. The van der Waals surface area contributed by atoms with Gasteiger partial charge < -0.3 is 0 Å². The van der Waals surface area contributed by atoms with Gasteiger partial charge in [-0.25, -0.2) is 23.5 Å².